The van der Waals surface area contributed by atoms with Crippen LogP contribution in [0.5, 0.6) is 5.75 Å². The van der Waals surface area contributed by atoms with Crippen LogP contribution in [0.2, 0.25) is 0 Å². The van der Waals surface area contributed by atoms with Crippen LogP contribution < -0.4 is 10.1 Å². The SMILES string of the molecule is COc1cc(C)cc(NC(=O)N2CCC[C@H](c3ccn[nH]3)C2)c1C. The molecule has 0 saturated carbocycles. The molecule has 1 aromatic carbocycles. The number of likely N-dealkylation sites (tertiary alicyclic amines) is 1. The van der Waals surface area contributed by atoms with Crippen LogP contribution in [0, 0.1) is 13.8 Å². The van der Waals surface area contributed by atoms with Crippen LogP contribution in [-0.2, 0) is 0 Å². The monoisotopic (exact) mass is 328 g/mol. The summed E-state index contributed by atoms with van der Waals surface area (Å²) in [4.78, 5) is 14.6. The van der Waals surface area contributed by atoms with E-state index in [1.165, 1.54) is 0 Å². The quantitative estimate of drug-likeness (QED) is 0.906. The number of aromatic amines is 1. The molecule has 0 unspecified atom stereocenters. The van der Waals surface area contributed by atoms with Crippen LogP contribution >= 0.6 is 0 Å². The Balaban J connectivity index is 1.72. The topological polar surface area (TPSA) is 70.2 Å². The van der Waals surface area contributed by atoms with Gasteiger partial charge in [0.2, 0.25) is 0 Å². The molecule has 2 heterocycles. The average molecular weight is 328 g/mol. The van der Waals surface area contributed by atoms with Crippen LogP contribution in [0.25, 0.3) is 0 Å². The summed E-state index contributed by atoms with van der Waals surface area (Å²) in [5.74, 6) is 1.11. The number of aryl methyl sites for hydroxylation is 1. The molecule has 3 rings (SSSR count). The van der Waals surface area contributed by atoms with Gasteiger partial charge >= 0.3 is 6.03 Å². The Morgan fingerprint density at radius 2 is 2.25 bits per heavy atom. The van der Waals surface area contributed by atoms with E-state index in [9.17, 15) is 4.79 Å². The number of hydrogen-bond acceptors (Lipinski definition) is 3. The Hall–Kier alpha value is -2.50. The van der Waals surface area contributed by atoms with Gasteiger partial charge in [-0.1, -0.05) is 0 Å². The maximum atomic E-state index is 12.7. The number of aromatic nitrogens is 2. The van der Waals surface area contributed by atoms with Crippen molar-refractivity contribution in [3.05, 3.63) is 41.2 Å². The lowest BCUT2D eigenvalue weighted by atomic mass is 9.95. The molecule has 6 heteroatoms. The highest BCUT2D eigenvalue weighted by molar-refractivity contribution is 5.90. The Bertz CT molecular complexity index is 712. The van der Waals surface area contributed by atoms with Gasteiger partial charge in [-0.2, -0.15) is 5.10 Å². The highest BCUT2D eigenvalue weighted by atomic mass is 16.5. The molecule has 2 N–H and O–H groups in total. The van der Waals surface area contributed by atoms with Crippen molar-refractivity contribution in [2.75, 3.05) is 25.5 Å². The first-order chi connectivity index (χ1) is 11.6. The van der Waals surface area contributed by atoms with E-state index in [2.05, 4.69) is 15.5 Å². The van der Waals surface area contributed by atoms with Crippen molar-refractivity contribution in [3.8, 4) is 5.75 Å². The molecule has 0 bridgehead atoms. The van der Waals surface area contributed by atoms with Gasteiger partial charge in [0.1, 0.15) is 5.75 Å². The highest BCUT2D eigenvalue weighted by Crippen LogP contribution is 2.29. The lowest BCUT2D eigenvalue weighted by molar-refractivity contribution is 0.192. The first kappa shape index (κ1) is 16.4. The lowest BCUT2D eigenvalue weighted by Gasteiger charge is -2.32. The van der Waals surface area contributed by atoms with E-state index in [0.717, 1.165) is 47.6 Å². The molecular formula is C18H24N4O2. The van der Waals surface area contributed by atoms with Gasteiger partial charge in [-0.15, -0.1) is 0 Å². The van der Waals surface area contributed by atoms with Crippen molar-refractivity contribution < 1.29 is 9.53 Å². The lowest BCUT2D eigenvalue weighted by Crippen LogP contribution is -2.41. The Morgan fingerprint density at radius 1 is 1.42 bits per heavy atom. The molecule has 2 amide bonds. The third kappa shape index (κ3) is 3.37. The van der Waals surface area contributed by atoms with Crippen molar-refractivity contribution >= 4 is 11.7 Å². The van der Waals surface area contributed by atoms with Crippen LogP contribution in [0.3, 0.4) is 0 Å². The predicted molar refractivity (Wildman–Crippen MR) is 93.6 cm³/mol. The number of benzene rings is 1. The molecule has 1 fully saturated rings. The summed E-state index contributed by atoms with van der Waals surface area (Å²) < 4.78 is 5.38. The fourth-order valence-corrected chi connectivity index (χ4v) is 3.27. The summed E-state index contributed by atoms with van der Waals surface area (Å²) in [7, 11) is 1.65. The molecule has 1 aromatic heterocycles. The summed E-state index contributed by atoms with van der Waals surface area (Å²) >= 11 is 0. The molecule has 0 spiro atoms. The van der Waals surface area contributed by atoms with Gasteiger partial charge in [-0.3, -0.25) is 5.10 Å². The highest BCUT2D eigenvalue weighted by Gasteiger charge is 2.26. The predicted octanol–water partition coefficient (Wildman–Crippen LogP) is 3.45. The minimum absolute atomic E-state index is 0.0602. The minimum Gasteiger partial charge on any atom is -0.496 e. The third-order valence-electron chi connectivity index (χ3n) is 4.64. The van der Waals surface area contributed by atoms with Gasteiger partial charge < -0.3 is 15.0 Å². The van der Waals surface area contributed by atoms with E-state index in [1.54, 1.807) is 13.3 Å². The van der Waals surface area contributed by atoms with Crippen LogP contribution in [0.1, 0.15) is 35.6 Å². The molecule has 1 aliphatic heterocycles. The molecule has 6 nitrogen and oxygen atoms in total. The fourth-order valence-electron chi connectivity index (χ4n) is 3.27. The van der Waals surface area contributed by atoms with E-state index >= 15 is 0 Å². The number of carbonyl (C=O) groups excluding carboxylic acids is 1. The first-order valence-corrected chi connectivity index (χ1v) is 8.29. The number of hydrogen-bond donors (Lipinski definition) is 2. The molecule has 2 aromatic rings. The number of ether oxygens (including phenoxy) is 1. The minimum atomic E-state index is -0.0602. The summed E-state index contributed by atoms with van der Waals surface area (Å²) in [5.41, 5.74) is 3.90. The summed E-state index contributed by atoms with van der Waals surface area (Å²) in [5, 5.41) is 10.1. The third-order valence-corrected chi connectivity index (χ3v) is 4.64. The summed E-state index contributed by atoms with van der Waals surface area (Å²) in [6, 6.07) is 5.88. The second kappa shape index (κ2) is 6.95. The van der Waals surface area contributed by atoms with E-state index in [4.69, 9.17) is 4.74 Å². The molecule has 1 aliphatic rings. The van der Waals surface area contributed by atoms with Gasteiger partial charge in [0.15, 0.2) is 0 Å². The van der Waals surface area contributed by atoms with Crippen molar-refractivity contribution in [2.24, 2.45) is 0 Å². The van der Waals surface area contributed by atoms with E-state index in [0.29, 0.717) is 12.5 Å². The number of nitrogens with one attached hydrogen (secondary N) is 2. The largest absolute Gasteiger partial charge is 0.496 e. The Morgan fingerprint density at radius 3 is 2.96 bits per heavy atom. The molecule has 1 atom stereocenters. The second-order valence-corrected chi connectivity index (χ2v) is 6.37. The molecule has 24 heavy (non-hydrogen) atoms. The van der Waals surface area contributed by atoms with E-state index < -0.39 is 0 Å². The number of amides is 2. The Kier molecular flexibility index (Phi) is 4.74. The van der Waals surface area contributed by atoms with Gasteiger partial charge in [0.05, 0.1) is 7.11 Å². The zero-order valence-corrected chi connectivity index (χ0v) is 14.4. The van der Waals surface area contributed by atoms with Gasteiger partial charge in [-0.05, 0) is 50.5 Å². The molecule has 0 radical (unpaired) electrons. The number of piperidine rings is 1. The van der Waals surface area contributed by atoms with Crippen molar-refractivity contribution in [1.82, 2.24) is 15.1 Å². The van der Waals surface area contributed by atoms with Crippen molar-refractivity contribution in [2.45, 2.75) is 32.6 Å². The number of methoxy groups -OCH3 is 1. The van der Waals surface area contributed by atoms with E-state index in [-0.39, 0.29) is 6.03 Å². The molecule has 1 saturated heterocycles. The number of rotatable bonds is 3. The van der Waals surface area contributed by atoms with Crippen LogP contribution in [-0.4, -0.2) is 41.3 Å². The van der Waals surface area contributed by atoms with Crippen molar-refractivity contribution in [1.29, 1.82) is 0 Å². The number of nitrogens with zero attached hydrogens (tertiary/aromatic N) is 2. The fraction of sp³-hybridized carbons (Fsp3) is 0.444. The number of carbonyl (C=O) groups is 1. The smallest absolute Gasteiger partial charge is 0.321 e. The average Bonchev–Trinajstić information content (AvgIpc) is 3.12. The number of anilines is 1. The van der Waals surface area contributed by atoms with Crippen LogP contribution in [0.15, 0.2) is 24.4 Å². The normalized spacial score (nSPS) is 17.6. The molecule has 128 valence electrons. The number of H-pyrrole nitrogens is 1. The summed E-state index contributed by atoms with van der Waals surface area (Å²) in [6.07, 6.45) is 3.83. The zero-order chi connectivity index (χ0) is 17.1. The van der Waals surface area contributed by atoms with Crippen LogP contribution in [0.4, 0.5) is 10.5 Å². The van der Waals surface area contributed by atoms with Gasteiger partial charge in [0.25, 0.3) is 0 Å². The van der Waals surface area contributed by atoms with Gasteiger partial charge in [-0.25, -0.2) is 4.79 Å². The first-order valence-electron chi connectivity index (χ1n) is 8.29. The second-order valence-electron chi connectivity index (χ2n) is 6.37. The van der Waals surface area contributed by atoms with Gasteiger partial charge in [0, 0.05) is 42.1 Å². The summed E-state index contributed by atoms with van der Waals surface area (Å²) in [6.45, 7) is 5.43. The molecular weight excluding hydrogens is 304 g/mol. The standard InChI is InChI=1S/C18H24N4O2/c1-12-9-16(13(2)17(10-12)24-3)20-18(23)22-8-4-5-14(11-22)15-6-7-19-21-15/h6-7,9-10,14H,4-5,8,11H2,1-3H3,(H,19,21)(H,20,23)/t14-/m0/s1. The maximum absolute atomic E-state index is 12.7. The maximum Gasteiger partial charge on any atom is 0.321 e. The number of urea groups is 1. The molecule has 0 aliphatic carbocycles. The van der Waals surface area contributed by atoms with Crippen molar-refractivity contribution in [3.63, 3.8) is 0 Å². The van der Waals surface area contributed by atoms with E-state index in [1.807, 2.05) is 36.9 Å². The zero-order valence-electron chi connectivity index (χ0n) is 14.4. The Labute approximate surface area is 142 Å².